The molecule has 6 heteroatoms. The number of halogens is 1. The molecule has 0 atom stereocenters. The van der Waals surface area contributed by atoms with Gasteiger partial charge >= 0.3 is 0 Å². The van der Waals surface area contributed by atoms with E-state index in [9.17, 15) is 4.79 Å². The lowest BCUT2D eigenvalue weighted by Gasteiger charge is -1.98. The molecule has 5 nitrogen and oxygen atoms in total. The van der Waals surface area contributed by atoms with Gasteiger partial charge in [0.25, 0.3) is 5.56 Å². The summed E-state index contributed by atoms with van der Waals surface area (Å²) in [5.41, 5.74) is 1.16. The summed E-state index contributed by atoms with van der Waals surface area (Å²) in [6, 6.07) is 7.24. The molecule has 94 valence electrons. The molecule has 0 spiro atoms. The van der Waals surface area contributed by atoms with Gasteiger partial charge in [0, 0.05) is 34.8 Å². The smallest absolute Gasteiger partial charge is 0.280 e. The first kappa shape index (κ1) is 11.9. The van der Waals surface area contributed by atoms with Crippen molar-refractivity contribution in [2.45, 2.75) is 0 Å². The molecule has 0 amide bonds. The molecule has 1 N–H and O–H groups in total. The molecule has 3 aromatic rings. The minimum atomic E-state index is -0.154. The lowest BCUT2D eigenvalue weighted by atomic mass is 10.2. The van der Waals surface area contributed by atoms with Crippen LogP contribution in [0.25, 0.3) is 16.9 Å². The second-order valence-corrected chi connectivity index (χ2v) is 4.82. The summed E-state index contributed by atoms with van der Waals surface area (Å²) >= 11 is 3.34. The van der Waals surface area contributed by atoms with Gasteiger partial charge in [0.15, 0.2) is 5.82 Å². The van der Waals surface area contributed by atoms with Gasteiger partial charge in [-0.25, -0.2) is 9.67 Å². The molecule has 0 saturated carbocycles. The Morgan fingerprint density at radius 1 is 1.26 bits per heavy atom. The van der Waals surface area contributed by atoms with E-state index in [1.165, 1.54) is 4.68 Å². The number of aromatic nitrogens is 4. The zero-order valence-corrected chi connectivity index (χ0v) is 11.3. The van der Waals surface area contributed by atoms with Gasteiger partial charge in [-0.2, -0.15) is 0 Å². The summed E-state index contributed by atoms with van der Waals surface area (Å²) in [6.07, 6.45) is 6.62. The fourth-order valence-electron chi connectivity index (χ4n) is 1.79. The molecule has 0 aromatic carbocycles. The van der Waals surface area contributed by atoms with Crippen molar-refractivity contribution in [2.24, 2.45) is 0 Å². The molecule has 0 aliphatic rings. The maximum atomic E-state index is 12.3. The van der Waals surface area contributed by atoms with E-state index in [1.807, 2.05) is 12.1 Å². The molecule has 0 aliphatic heterocycles. The predicted octanol–water partition coefficient (Wildman–Crippen LogP) is 2.39. The molecule has 0 unspecified atom stereocenters. The van der Waals surface area contributed by atoms with E-state index in [4.69, 9.17) is 0 Å². The van der Waals surface area contributed by atoms with Gasteiger partial charge in [0.05, 0.1) is 5.56 Å². The Balaban J connectivity index is 2.12. The fraction of sp³-hybridized carbons (Fsp3) is 0. The van der Waals surface area contributed by atoms with E-state index in [0.717, 1.165) is 10.0 Å². The van der Waals surface area contributed by atoms with E-state index < -0.39 is 0 Å². The average molecular weight is 317 g/mol. The van der Waals surface area contributed by atoms with Crippen LogP contribution in [-0.4, -0.2) is 19.7 Å². The van der Waals surface area contributed by atoms with E-state index >= 15 is 0 Å². The summed E-state index contributed by atoms with van der Waals surface area (Å²) in [4.78, 5) is 20.5. The van der Waals surface area contributed by atoms with Crippen molar-refractivity contribution in [3.05, 3.63) is 63.9 Å². The summed E-state index contributed by atoms with van der Waals surface area (Å²) < 4.78 is 2.23. The number of hydrogen-bond acceptors (Lipinski definition) is 3. The van der Waals surface area contributed by atoms with Crippen LogP contribution in [0.15, 0.2) is 58.3 Å². The van der Waals surface area contributed by atoms with Crippen molar-refractivity contribution in [1.29, 1.82) is 0 Å². The van der Waals surface area contributed by atoms with E-state index in [2.05, 4.69) is 31.0 Å². The van der Waals surface area contributed by atoms with E-state index in [1.54, 1.807) is 36.9 Å². The van der Waals surface area contributed by atoms with Crippen molar-refractivity contribution >= 4 is 15.9 Å². The van der Waals surface area contributed by atoms with Crippen LogP contribution in [-0.2, 0) is 0 Å². The van der Waals surface area contributed by atoms with Crippen molar-refractivity contribution in [2.75, 3.05) is 0 Å². The van der Waals surface area contributed by atoms with E-state index in [-0.39, 0.29) is 5.56 Å². The lowest BCUT2D eigenvalue weighted by molar-refractivity contribution is 0.819. The maximum absolute atomic E-state index is 12.3. The Labute approximate surface area is 117 Å². The minimum absolute atomic E-state index is 0.154. The molecular formula is C13H9BrN4O. The Morgan fingerprint density at radius 3 is 2.89 bits per heavy atom. The monoisotopic (exact) mass is 316 g/mol. The Kier molecular flexibility index (Phi) is 3.00. The summed E-state index contributed by atoms with van der Waals surface area (Å²) in [5.74, 6) is 0.557. The van der Waals surface area contributed by atoms with Crippen LogP contribution in [0.2, 0.25) is 0 Å². The van der Waals surface area contributed by atoms with Crippen molar-refractivity contribution in [1.82, 2.24) is 19.7 Å². The van der Waals surface area contributed by atoms with E-state index in [0.29, 0.717) is 11.4 Å². The number of aromatic amines is 1. The number of nitrogens with zero attached hydrogens (tertiary/aromatic N) is 3. The van der Waals surface area contributed by atoms with Crippen LogP contribution in [0.3, 0.4) is 0 Å². The molecule has 0 fully saturated rings. The van der Waals surface area contributed by atoms with Gasteiger partial charge in [-0.05, 0) is 34.1 Å². The third-order valence-corrected chi connectivity index (χ3v) is 3.10. The fourth-order valence-corrected chi connectivity index (χ4v) is 2.16. The molecule has 0 radical (unpaired) electrons. The second-order valence-electron chi connectivity index (χ2n) is 3.91. The highest BCUT2D eigenvalue weighted by molar-refractivity contribution is 9.10. The Hall–Kier alpha value is -2.21. The average Bonchev–Trinajstić information content (AvgIpc) is 2.81. The molecule has 0 aliphatic carbocycles. The maximum Gasteiger partial charge on any atom is 0.280 e. The molecular weight excluding hydrogens is 308 g/mol. The van der Waals surface area contributed by atoms with Gasteiger partial charge in [0.2, 0.25) is 0 Å². The first-order valence-corrected chi connectivity index (χ1v) is 6.38. The third kappa shape index (κ3) is 2.22. The quantitative estimate of drug-likeness (QED) is 0.789. The number of nitrogens with one attached hydrogen (secondary N) is 1. The van der Waals surface area contributed by atoms with Crippen LogP contribution in [0.5, 0.6) is 0 Å². The van der Waals surface area contributed by atoms with Crippen LogP contribution >= 0.6 is 15.9 Å². The number of H-pyrrole nitrogens is 1. The van der Waals surface area contributed by atoms with Gasteiger partial charge in [0.1, 0.15) is 0 Å². The Bertz CT molecular complexity index is 764. The third-order valence-electron chi connectivity index (χ3n) is 2.67. The molecule has 0 bridgehead atoms. The second kappa shape index (κ2) is 4.81. The van der Waals surface area contributed by atoms with Crippen LogP contribution in [0, 0.1) is 0 Å². The topological polar surface area (TPSA) is 63.6 Å². The predicted molar refractivity (Wildman–Crippen MR) is 75.1 cm³/mol. The number of pyridine rings is 2. The zero-order chi connectivity index (χ0) is 13.2. The highest BCUT2D eigenvalue weighted by Gasteiger charge is 2.10. The van der Waals surface area contributed by atoms with Gasteiger partial charge in [-0.1, -0.05) is 6.07 Å². The standard InChI is InChI=1S/C13H9BrN4O/c14-10-5-9(6-15-7-10)11-8-17-18(13(11)19)12-3-1-2-4-16-12/h1-8,17H. The highest BCUT2D eigenvalue weighted by Crippen LogP contribution is 2.18. The van der Waals surface area contributed by atoms with Crippen LogP contribution in [0.4, 0.5) is 0 Å². The summed E-state index contributed by atoms with van der Waals surface area (Å²) in [5, 5.41) is 2.91. The molecule has 0 saturated heterocycles. The number of hydrogen-bond donors (Lipinski definition) is 1. The van der Waals surface area contributed by atoms with Gasteiger partial charge in [-0.15, -0.1) is 0 Å². The first-order chi connectivity index (χ1) is 9.25. The molecule has 3 rings (SSSR count). The zero-order valence-electron chi connectivity index (χ0n) is 9.75. The van der Waals surface area contributed by atoms with Crippen LogP contribution in [0.1, 0.15) is 0 Å². The lowest BCUT2D eigenvalue weighted by Crippen LogP contribution is -2.16. The van der Waals surface area contributed by atoms with Crippen molar-refractivity contribution < 1.29 is 0 Å². The molecule has 3 aromatic heterocycles. The largest absolute Gasteiger partial charge is 0.296 e. The molecule has 3 heterocycles. The first-order valence-electron chi connectivity index (χ1n) is 5.58. The summed E-state index contributed by atoms with van der Waals surface area (Å²) in [6.45, 7) is 0. The SMILES string of the molecule is O=c1c(-c2cncc(Br)c2)c[nH]n1-c1ccccn1. The highest BCUT2D eigenvalue weighted by atomic mass is 79.9. The van der Waals surface area contributed by atoms with Crippen LogP contribution < -0.4 is 5.56 Å². The summed E-state index contributed by atoms with van der Waals surface area (Å²) in [7, 11) is 0. The van der Waals surface area contributed by atoms with Gasteiger partial charge in [-0.3, -0.25) is 14.9 Å². The number of rotatable bonds is 2. The van der Waals surface area contributed by atoms with Gasteiger partial charge < -0.3 is 0 Å². The Morgan fingerprint density at radius 2 is 2.16 bits per heavy atom. The van der Waals surface area contributed by atoms with Crippen molar-refractivity contribution in [3.8, 4) is 16.9 Å². The normalized spacial score (nSPS) is 10.6. The minimum Gasteiger partial charge on any atom is -0.296 e. The molecule has 19 heavy (non-hydrogen) atoms. The van der Waals surface area contributed by atoms with Crippen molar-refractivity contribution in [3.63, 3.8) is 0 Å².